The Balaban J connectivity index is 1.31. The van der Waals surface area contributed by atoms with Crippen LogP contribution in [0.15, 0.2) is 30.5 Å². The Labute approximate surface area is 141 Å². The molecule has 0 saturated heterocycles. The summed E-state index contributed by atoms with van der Waals surface area (Å²) in [7, 11) is 0. The molecule has 0 spiro atoms. The fraction of sp³-hybridized carbons (Fsp3) is 0.444. The Bertz CT molecular complexity index is 699. The molecule has 0 bridgehead atoms. The van der Waals surface area contributed by atoms with Crippen molar-refractivity contribution in [3.63, 3.8) is 0 Å². The van der Waals surface area contributed by atoms with Crippen molar-refractivity contribution in [1.82, 2.24) is 14.9 Å². The van der Waals surface area contributed by atoms with Crippen molar-refractivity contribution < 1.29 is 0 Å². The summed E-state index contributed by atoms with van der Waals surface area (Å²) in [6, 6.07) is 8.18. The molecule has 0 radical (unpaired) electrons. The van der Waals surface area contributed by atoms with E-state index < -0.39 is 0 Å². The predicted octanol–water partition coefficient (Wildman–Crippen LogP) is 3.48. The minimum absolute atomic E-state index is 0.597. The van der Waals surface area contributed by atoms with E-state index in [0.29, 0.717) is 5.92 Å². The van der Waals surface area contributed by atoms with Gasteiger partial charge in [-0.25, -0.2) is 9.97 Å². The Morgan fingerprint density at radius 1 is 1.26 bits per heavy atom. The van der Waals surface area contributed by atoms with Crippen molar-refractivity contribution in [1.29, 1.82) is 0 Å². The number of fused-ring (bicyclic) bond motifs is 1. The molecule has 0 atom stereocenters. The number of hydrogen-bond acceptors (Lipinski definition) is 4. The maximum absolute atomic E-state index is 6.27. The van der Waals surface area contributed by atoms with Crippen LogP contribution in [-0.2, 0) is 13.0 Å². The first-order valence-corrected chi connectivity index (χ1v) is 8.73. The van der Waals surface area contributed by atoms with E-state index in [1.165, 1.54) is 24.0 Å². The number of benzene rings is 1. The predicted molar refractivity (Wildman–Crippen MR) is 92.9 cm³/mol. The molecule has 5 heteroatoms. The summed E-state index contributed by atoms with van der Waals surface area (Å²) in [4.78, 5) is 11.4. The molecular formula is C18H21ClN4. The molecule has 1 fully saturated rings. The topological polar surface area (TPSA) is 41.0 Å². The molecule has 0 unspecified atom stereocenters. The van der Waals surface area contributed by atoms with Crippen molar-refractivity contribution >= 4 is 17.4 Å². The monoisotopic (exact) mass is 328 g/mol. The van der Waals surface area contributed by atoms with Gasteiger partial charge in [0, 0.05) is 43.3 Å². The van der Waals surface area contributed by atoms with Crippen LogP contribution in [0.2, 0.25) is 5.02 Å². The molecule has 4 nitrogen and oxygen atoms in total. The number of halogens is 1. The second kappa shape index (κ2) is 6.46. The van der Waals surface area contributed by atoms with Crippen LogP contribution >= 0.6 is 11.6 Å². The molecular weight excluding hydrogens is 308 g/mol. The number of rotatable bonds is 5. The van der Waals surface area contributed by atoms with Gasteiger partial charge in [-0.1, -0.05) is 23.7 Å². The average Bonchev–Trinajstić information content (AvgIpc) is 3.40. The van der Waals surface area contributed by atoms with Crippen LogP contribution in [0.25, 0.3) is 0 Å². The normalized spacial score (nSPS) is 17.8. The number of anilines is 1. The second-order valence-electron chi connectivity index (χ2n) is 6.40. The fourth-order valence-corrected chi connectivity index (χ4v) is 3.45. The molecule has 4 rings (SSSR count). The zero-order valence-electron chi connectivity index (χ0n) is 13.1. The number of hydrogen-bond donors (Lipinski definition) is 1. The van der Waals surface area contributed by atoms with Gasteiger partial charge >= 0.3 is 0 Å². The minimum Gasteiger partial charge on any atom is -0.369 e. The third-order valence-electron chi connectivity index (χ3n) is 4.64. The molecule has 1 saturated carbocycles. The number of nitrogens with one attached hydrogen (secondary N) is 1. The highest BCUT2D eigenvalue weighted by atomic mass is 35.5. The third-order valence-corrected chi connectivity index (χ3v) is 4.99. The van der Waals surface area contributed by atoms with E-state index in [4.69, 9.17) is 11.6 Å². The first-order valence-electron chi connectivity index (χ1n) is 8.35. The highest BCUT2D eigenvalue weighted by Gasteiger charge is 2.26. The summed E-state index contributed by atoms with van der Waals surface area (Å²) in [6.07, 6.45) is 5.37. The van der Waals surface area contributed by atoms with Crippen molar-refractivity contribution in [3.8, 4) is 0 Å². The zero-order valence-corrected chi connectivity index (χ0v) is 13.9. The lowest BCUT2D eigenvalue weighted by molar-refractivity contribution is 0.264. The van der Waals surface area contributed by atoms with Crippen molar-refractivity contribution in [2.45, 2.75) is 31.7 Å². The molecule has 1 aromatic heterocycles. The van der Waals surface area contributed by atoms with Crippen LogP contribution in [0, 0.1) is 0 Å². The smallest absolute Gasteiger partial charge is 0.133 e. The number of nitrogens with zero attached hydrogens (tertiary/aromatic N) is 3. The molecule has 23 heavy (non-hydrogen) atoms. The summed E-state index contributed by atoms with van der Waals surface area (Å²) in [5, 5.41) is 4.34. The molecule has 2 aromatic rings. The zero-order chi connectivity index (χ0) is 15.6. The Kier molecular flexibility index (Phi) is 4.19. The van der Waals surface area contributed by atoms with Crippen molar-refractivity contribution in [2.75, 3.05) is 25.0 Å². The maximum atomic E-state index is 6.27. The standard InChI is InChI=1S/C18H21ClN4/c19-16-3-1-2-14-12-23(10-7-15(14)16)11-9-20-17-6-8-21-18(22-17)13-4-5-13/h1-3,6,8,13H,4-5,7,9-12H2,(H,20,21,22). The van der Waals surface area contributed by atoms with Crippen molar-refractivity contribution in [3.05, 3.63) is 52.4 Å². The van der Waals surface area contributed by atoms with E-state index in [1.54, 1.807) is 0 Å². The number of aromatic nitrogens is 2. The van der Waals surface area contributed by atoms with Crippen LogP contribution in [0.5, 0.6) is 0 Å². The van der Waals surface area contributed by atoms with Gasteiger partial charge in [0.25, 0.3) is 0 Å². The second-order valence-corrected chi connectivity index (χ2v) is 6.81. The van der Waals surface area contributed by atoms with E-state index in [0.717, 1.165) is 49.3 Å². The van der Waals surface area contributed by atoms with E-state index in [1.807, 2.05) is 24.4 Å². The Morgan fingerprint density at radius 3 is 3.04 bits per heavy atom. The fourth-order valence-electron chi connectivity index (χ4n) is 3.16. The third kappa shape index (κ3) is 3.48. The molecule has 1 N–H and O–H groups in total. The van der Waals surface area contributed by atoms with E-state index in [9.17, 15) is 0 Å². The van der Waals surface area contributed by atoms with Crippen LogP contribution in [-0.4, -0.2) is 34.5 Å². The van der Waals surface area contributed by atoms with Gasteiger partial charge in [0.15, 0.2) is 0 Å². The summed E-state index contributed by atoms with van der Waals surface area (Å²) >= 11 is 6.27. The highest BCUT2D eigenvalue weighted by Crippen LogP contribution is 2.38. The molecule has 2 heterocycles. The van der Waals surface area contributed by atoms with Crippen LogP contribution in [0.1, 0.15) is 35.7 Å². The first kappa shape index (κ1) is 14.9. The van der Waals surface area contributed by atoms with E-state index >= 15 is 0 Å². The average molecular weight is 329 g/mol. The molecule has 1 aliphatic carbocycles. The Hall–Kier alpha value is -1.65. The summed E-state index contributed by atoms with van der Waals surface area (Å²) < 4.78 is 0. The SMILES string of the molecule is Clc1cccc2c1CCN(CCNc1ccnc(C3CC3)n1)C2. The van der Waals surface area contributed by atoms with Gasteiger partial charge in [-0.2, -0.15) is 0 Å². The van der Waals surface area contributed by atoms with Crippen LogP contribution < -0.4 is 5.32 Å². The van der Waals surface area contributed by atoms with Gasteiger partial charge < -0.3 is 5.32 Å². The maximum Gasteiger partial charge on any atom is 0.133 e. The van der Waals surface area contributed by atoms with Gasteiger partial charge in [-0.15, -0.1) is 0 Å². The van der Waals surface area contributed by atoms with Crippen LogP contribution in [0.4, 0.5) is 5.82 Å². The van der Waals surface area contributed by atoms with Gasteiger partial charge in [-0.05, 0) is 42.5 Å². The first-order chi connectivity index (χ1) is 11.3. The largest absolute Gasteiger partial charge is 0.369 e. The van der Waals surface area contributed by atoms with Gasteiger partial charge in [-0.3, -0.25) is 4.90 Å². The lowest BCUT2D eigenvalue weighted by atomic mass is 10.00. The van der Waals surface area contributed by atoms with Gasteiger partial charge in [0.2, 0.25) is 0 Å². The van der Waals surface area contributed by atoms with Crippen molar-refractivity contribution in [2.24, 2.45) is 0 Å². The summed E-state index contributed by atoms with van der Waals surface area (Å²) in [5.41, 5.74) is 2.69. The van der Waals surface area contributed by atoms with E-state index in [2.05, 4.69) is 26.3 Å². The quantitative estimate of drug-likeness (QED) is 0.912. The van der Waals surface area contributed by atoms with Crippen LogP contribution in [0.3, 0.4) is 0 Å². The lowest BCUT2D eigenvalue weighted by Gasteiger charge is -2.29. The Morgan fingerprint density at radius 2 is 2.17 bits per heavy atom. The highest BCUT2D eigenvalue weighted by molar-refractivity contribution is 6.31. The van der Waals surface area contributed by atoms with Gasteiger partial charge in [0.05, 0.1) is 0 Å². The molecule has 2 aliphatic rings. The molecule has 1 aromatic carbocycles. The summed E-state index contributed by atoms with van der Waals surface area (Å²) in [5.74, 6) is 2.54. The molecule has 0 amide bonds. The lowest BCUT2D eigenvalue weighted by Crippen LogP contribution is -2.34. The minimum atomic E-state index is 0.597. The van der Waals surface area contributed by atoms with E-state index in [-0.39, 0.29) is 0 Å². The van der Waals surface area contributed by atoms with Gasteiger partial charge in [0.1, 0.15) is 11.6 Å². The summed E-state index contributed by atoms with van der Waals surface area (Å²) in [6.45, 7) is 3.95. The molecule has 120 valence electrons. The molecule has 1 aliphatic heterocycles.